The molecular formula is C31H40O16. The van der Waals surface area contributed by atoms with Gasteiger partial charge in [-0.3, -0.25) is 0 Å². The zero-order valence-electron chi connectivity index (χ0n) is 25.7. The molecular weight excluding hydrogens is 628 g/mol. The van der Waals surface area contributed by atoms with Gasteiger partial charge in [-0.15, -0.1) is 0 Å². The lowest BCUT2D eigenvalue weighted by Crippen LogP contribution is -2.61. The van der Waals surface area contributed by atoms with Gasteiger partial charge in [0, 0.05) is 0 Å². The minimum Gasteiger partial charge on any atom is -0.504 e. The Kier molecular flexibility index (Phi) is 11.5. The summed E-state index contributed by atoms with van der Waals surface area (Å²) in [6.45, 7) is 4.01. The van der Waals surface area contributed by atoms with Gasteiger partial charge in [-0.2, -0.15) is 0 Å². The van der Waals surface area contributed by atoms with E-state index in [1.54, 1.807) is 18.2 Å². The maximum Gasteiger partial charge on any atom is 0.335 e. The second kappa shape index (κ2) is 15.0. The van der Waals surface area contributed by atoms with Crippen LogP contribution in [0.25, 0.3) is 0 Å². The summed E-state index contributed by atoms with van der Waals surface area (Å²) in [5, 5.41) is 90.6. The minimum absolute atomic E-state index is 0.0147. The Balaban J connectivity index is 1.60. The lowest BCUT2D eigenvalue weighted by atomic mass is 9.85. The largest absolute Gasteiger partial charge is 0.504 e. The molecule has 16 heteroatoms. The van der Waals surface area contributed by atoms with Crippen LogP contribution in [0.3, 0.4) is 0 Å². The van der Waals surface area contributed by atoms with Crippen LogP contribution >= 0.6 is 0 Å². The van der Waals surface area contributed by atoms with Crippen LogP contribution in [0.5, 0.6) is 23.0 Å². The van der Waals surface area contributed by atoms with Crippen molar-refractivity contribution < 1.29 is 79.2 Å². The molecule has 2 fully saturated rings. The molecule has 2 unspecified atom stereocenters. The van der Waals surface area contributed by atoms with E-state index in [-0.39, 0.29) is 29.1 Å². The van der Waals surface area contributed by atoms with E-state index in [2.05, 4.69) is 0 Å². The van der Waals surface area contributed by atoms with Crippen molar-refractivity contribution in [3.63, 3.8) is 0 Å². The standard InChI is InChI=1S/C31H40O16/c1-12(8-14-4-6-17(43-3)16(32)10-14)13(2)9-15-5-7-18(44-30-24(37)20(33)22(35)26(46-30)28(39)40)19(11-15)45-31-25(38)21(34)23(36)27(47-31)29(41)42/h4-7,10-13,20-27,30-38H,8-9H2,1-3H3,(H,39,40)(H,41,42)/t12?,13?,20-,21+,22-,23+,24+,25-,26-,27+,30+,31-/m0/s1. The quantitative estimate of drug-likeness (QED) is 0.131. The van der Waals surface area contributed by atoms with Crippen molar-refractivity contribution in [2.24, 2.45) is 11.8 Å². The van der Waals surface area contributed by atoms with Crippen molar-refractivity contribution in [1.29, 1.82) is 0 Å². The smallest absolute Gasteiger partial charge is 0.335 e. The van der Waals surface area contributed by atoms with Crippen molar-refractivity contribution in [2.75, 3.05) is 7.11 Å². The van der Waals surface area contributed by atoms with Crippen LogP contribution in [0.4, 0.5) is 0 Å². The number of aliphatic carboxylic acids is 2. The van der Waals surface area contributed by atoms with Crippen LogP contribution in [0, 0.1) is 11.8 Å². The predicted octanol–water partition coefficient (Wildman–Crippen LogP) is -1.000. The Morgan fingerprint density at radius 1 is 0.660 bits per heavy atom. The number of carbonyl (C=O) groups is 2. The number of phenols is 1. The fraction of sp³-hybridized carbons (Fsp3) is 0.548. The van der Waals surface area contributed by atoms with E-state index in [1.165, 1.54) is 19.2 Å². The van der Waals surface area contributed by atoms with E-state index in [9.17, 15) is 55.5 Å². The predicted molar refractivity (Wildman–Crippen MR) is 157 cm³/mol. The number of hydrogen-bond acceptors (Lipinski definition) is 14. The molecule has 0 radical (unpaired) electrons. The molecule has 16 nitrogen and oxygen atoms in total. The second-order valence-corrected chi connectivity index (χ2v) is 11.9. The van der Waals surface area contributed by atoms with Crippen LogP contribution in [0.1, 0.15) is 25.0 Å². The lowest BCUT2D eigenvalue weighted by Gasteiger charge is -2.40. The van der Waals surface area contributed by atoms with Crippen molar-refractivity contribution in [3.05, 3.63) is 47.5 Å². The summed E-state index contributed by atoms with van der Waals surface area (Å²) < 4.78 is 27.0. The Bertz CT molecular complexity index is 1400. The van der Waals surface area contributed by atoms with Gasteiger partial charge in [-0.05, 0) is 60.1 Å². The van der Waals surface area contributed by atoms with Gasteiger partial charge in [0.2, 0.25) is 12.6 Å². The van der Waals surface area contributed by atoms with Crippen LogP contribution in [0.15, 0.2) is 36.4 Å². The van der Waals surface area contributed by atoms with Gasteiger partial charge in [0.1, 0.15) is 36.6 Å². The van der Waals surface area contributed by atoms with E-state index in [0.29, 0.717) is 24.2 Å². The van der Waals surface area contributed by atoms with Crippen molar-refractivity contribution in [2.45, 2.75) is 88.1 Å². The van der Waals surface area contributed by atoms with Crippen LogP contribution in [-0.4, -0.2) is 126 Å². The average molecular weight is 669 g/mol. The summed E-state index contributed by atoms with van der Waals surface area (Å²) in [5.41, 5.74) is 1.53. The zero-order valence-corrected chi connectivity index (χ0v) is 25.7. The van der Waals surface area contributed by atoms with Crippen LogP contribution in [-0.2, 0) is 31.9 Å². The first-order chi connectivity index (χ1) is 22.1. The number of phenolic OH excluding ortho intramolecular Hbond substituents is 1. The molecule has 9 N–H and O–H groups in total. The van der Waals surface area contributed by atoms with Gasteiger partial charge in [0.05, 0.1) is 7.11 Å². The Hall–Kier alpha value is -3.74. The summed E-state index contributed by atoms with van der Waals surface area (Å²) >= 11 is 0. The third kappa shape index (κ3) is 8.05. The number of ether oxygens (including phenoxy) is 5. The molecule has 4 rings (SSSR count). The Morgan fingerprint density at radius 3 is 1.51 bits per heavy atom. The summed E-state index contributed by atoms with van der Waals surface area (Å²) in [6.07, 6.45) is -18.3. The zero-order chi connectivity index (χ0) is 34.7. The fourth-order valence-corrected chi connectivity index (χ4v) is 5.43. The highest BCUT2D eigenvalue weighted by molar-refractivity contribution is 5.74. The SMILES string of the molecule is COc1ccc(CC(C)C(C)Cc2ccc(O[C@@H]3O[C@H](C(=O)O)[C@@H](O)[C@H](O)[C@H]3O)c(O[C@H]3O[C@@H](C(=O)O)[C@H](O)[C@@H](O)[C@@H]3O)c2)cc1O. The van der Waals surface area contributed by atoms with E-state index in [4.69, 9.17) is 23.7 Å². The molecule has 2 saturated heterocycles. The Morgan fingerprint density at radius 2 is 1.09 bits per heavy atom. The van der Waals surface area contributed by atoms with Crippen LogP contribution < -0.4 is 14.2 Å². The molecule has 0 amide bonds. The number of carboxylic acids is 2. The van der Waals surface area contributed by atoms with Gasteiger partial charge in [0.25, 0.3) is 0 Å². The molecule has 2 aliphatic heterocycles. The summed E-state index contributed by atoms with van der Waals surface area (Å²) in [4.78, 5) is 23.2. The first-order valence-corrected chi connectivity index (χ1v) is 14.8. The molecule has 260 valence electrons. The number of hydrogen-bond donors (Lipinski definition) is 9. The van der Waals surface area contributed by atoms with Gasteiger partial charge in [0.15, 0.2) is 35.2 Å². The first kappa shape index (κ1) is 36.1. The molecule has 0 saturated carbocycles. The van der Waals surface area contributed by atoms with Gasteiger partial charge in [-0.1, -0.05) is 26.0 Å². The minimum atomic E-state index is -1.98. The van der Waals surface area contributed by atoms with E-state index in [1.807, 2.05) is 19.9 Å². The third-order valence-electron chi connectivity index (χ3n) is 8.45. The third-order valence-corrected chi connectivity index (χ3v) is 8.45. The maximum absolute atomic E-state index is 11.6. The van der Waals surface area contributed by atoms with Gasteiger partial charge in [-0.25, -0.2) is 9.59 Å². The number of aliphatic hydroxyl groups excluding tert-OH is 6. The molecule has 2 aromatic rings. The maximum atomic E-state index is 11.6. The summed E-state index contributed by atoms with van der Waals surface area (Å²) in [6, 6.07) is 9.58. The molecule has 0 spiro atoms. The van der Waals surface area contributed by atoms with E-state index in [0.717, 1.165) is 5.56 Å². The fourth-order valence-electron chi connectivity index (χ4n) is 5.43. The second-order valence-electron chi connectivity index (χ2n) is 11.9. The Labute approximate surface area is 268 Å². The highest BCUT2D eigenvalue weighted by Gasteiger charge is 2.50. The monoisotopic (exact) mass is 668 g/mol. The molecule has 0 aromatic heterocycles. The van der Waals surface area contributed by atoms with Crippen LogP contribution in [0.2, 0.25) is 0 Å². The summed E-state index contributed by atoms with van der Waals surface area (Å²) in [7, 11) is 1.45. The highest BCUT2D eigenvalue weighted by atomic mass is 16.7. The van der Waals surface area contributed by atoms with Gasteiger partial charge < -0.3 is 69.6 Å². The number of benzene rings is 2. The van der Waals surface area contributed by atoms with Crippen molar-refractivity contribution in [1.82, 2.24) is 0 Å². The molecule has 2 aromatic carbocycles. The lowest BCUT2D eigenvalue weighted by molar-refractivity contribution is -0.276. The first-order valence-electron chi connectivity index (χ1n) is 14.8. The number of rotatable bonds is 12. The molecule has 2 heterocycles. The number of aromatic hydroxyl groups is 1. The normalized spacial score (nSPS) is 32.2. The van der Waals surface area contributed by atoms with Crippen molar-refractivity contribution >= 4 is 11.9 Å². The molecule has 2 aliphatic rings. The van der Waals surface area contributed by atoms with E-state index < -0.39 is 73.4 Å². The molecule has 47 heavy (non-hydrogen) atoms. The number of methoxy groups -OCH3 is 1. The van der Waals surface area contributed by atoms with Crippen molar-refractivity contribution in [3.8, 4) is 23.0 Å². The topological polar surface area (TPSA) is 262 Å². The number of aliphatic hydroxyl groups is 6. The molecule has 12 atom stereocenters. The van der Waals surface area contributed by atoms with Gasteiger partial charge >= 0.3 is 11.9 Å². The summed E-state index contributed by atoms with van der Waals surface area (Å²) in [5.74, 6) is -3.24. The highest BCUT2D eigenvalue weighted by Crippen LogP contribution is 2.36. The number of carboxylic acid groups (broad SMARTS) is 2. The molecule has 0 bridgehead atoms. The molecule has 0 aliphatic carbocycles. The van der Waals surface area contributed by atoms with E-state index >= 15 is 0 Å². The average Bonchev–Trinajstić information content (AvgIpc) is 3.02.